The van der Waals surface area contributed by atoms with E-state index in [-0.39, 0.29) is 32.2 Å². The Hall–Kier alpha value is -2.23. The molecular weight excluding hydrogens is 562 g/mol. The number of unbranched alkanes of at least 4 members (excludes halogenated alkanes) is 11. The van der Waals surface area contributed by atoms with Crippen molar-refractivity contribution in [1.29, 1.82) is 0 Å². The molecule has 0 amide bonds. The highest BCUT2D eigenvalue weighted by Crippen LogP contribution is 2.11. The lowest BCUT2D eigenvalue weighted by Crippen LogP contribution is -2.40. The molecule has 2 atom stereocenters. The van der Waals surface area contributed by atoms with E-state index in [2.05, 4.69) is 38.2 Å². The number of nitrogens with zero attached hydrogens (tertiary/aromatic N) is 1. The number of rotatable bonds is 30. The first kappa shape index (κ1) is 41.8. The van der Waals surface area contributed by atoms with Gasteiger partial charge in [0.05, 0.1) is 34.4 Å². The maximum atomic E-state index is 12.6. The molecule has 0 fully saturated rings. The fourth-order valence-electron chi connectivity index (χ4n) is 4.20. The lowest BCUT2D eigenvalue weighted by molar-refractivity contribution is -0.870. The summed E-state index contributed by atoms with van der Waals surface area (Å²) in [5, 5.41) is 9.51. The minimum Gasteiger partial charge on any atom is -0.477 e. The molecular formula is C35H64NO8+. The zero-order valence-corrected chi connectivity index (χ0v) is 28.6. The Morgan fingerprint density at radius 1 is 0.682 bits per heavy atom. The highest BCUT2D eigenvalue weighted by atomic mass is 16.7. The van der Waals surface area contributed by atoms with E-state index in [1.165, 1.54) is 12.8 Å². The molecule has 44 heavy (non-hydrogen) atoms. The zero-order valence-electron chi connectivity index (χ0n) is 28.6. The van der Waals surface area contributed by atoms with Crippen LogP contribution in [0.3, 0.4) is 0 Å². The number of hydrogen-bond acceptors (Lipinski definition) is 7. The molecule has 0 spiro atoms. The molecule has 0 aliphatic heterocycles. The van der Waals surface area contributed by atoms with Crippen LogP contribution >= 0.6 is 0 Å². The molecule has 0 aromatic heterocycles. The molecule has 9 heteroatoms. The predicted molar refractivity (Wildman–Crippen MR) is 175 cm³/mol. The van der Waals surface area contributed by atoms with Crippen molar-refractivity contribution in [3.05, 3.63) is 24.3 Å². The van der Waals surface area contributed by atoms with Crippen LogP contribution < -0.4 is 0 Å². The normalized spacial score (nSPS) is 13.4. The van der Waals surface area contributed by atoms with Crippen LogP contribution in [-0.4, -0.2) is 87.4 Å². The number of carboxylic acid groups (broad SMARTS) is 1. The molecule has 0 aliphatic rings. The van der Waals surface area contributed by atoms with Gasteiger partial charge in [0, 0.05) is 12.8 Å². The van der Waals surface area contributed by atoms with Crippen molar-refractivity contribution >= 4 is 17.9 Å². The van der Waals surface area contributed by atoms with Crippen LogP contribution in [0.1, 0.15) is 123 Å². The molecule has 2 unspecified atom stereocenters. The summed E-state index contributed by atoms with van der Waals surface area (Å²) in [6, 6.07) is 0. The molecule has 0 radical (unpaired) electrons. The molecule has 256 valence electrons. The lowest BCUT2D eigenvalue weighted by atomic mass is 10.1. The van der Waals surface area contributed by atoms with Gasteiger partial charge in [0.2, 0.25) is 0 Å². The molecule has 1 N–H and O–H groups in total. The Morgan fingerprint density at radius 2 is 1.25 bits per heavy atom. The van der Waals surface area contributed by atoms with Gasteiger partial charge in [-0.1, -0.05) is 95.9 Å². The van der Waals surface area contributed by atoms with Crippen LogP contribution in [0.2, 0.25) is 0 Å². The van der Waals surface area contributed by atoms with Gasteiger partial charge in [-0.25, -0.2) is 4.79 Å². The molecule has 0 heterocycles. The Morgan fingerprint density at radius 3 is 1.86 bits per heavy atom. The van der Waals surface area contributed by atoms with Crippen LogP contribution in [0.4, 0.5) is 0 Å². The average Bonchev–Trinajstić information content (AvgIpc) is 2.96. The Labute approximate surface area is 267 Å². The molecule has 0 aliphatic carbocycles. The van der Waals surface area contributed by atoms with E-state index in [4.69, 9.17) is 18.9 Å². The van der Waals surface area contributed by atoms with E-state index in [9.17, 15) is 19.5 Å². The first-order valence-corrected chi connectivity index (χ1v) is 17.0. The number of aliphatic carboxylic acids is 1. The first-order chi connectivity index (χ1) is 21.1. The van der Waals surface area contributed by atoms with Gasteiger partial charge in [-0.05, 0) is 38.5 Å². The maximum Gasteiger partial charge on any atom is 0.361 e. The monoisotopic (exact) mass is 626 g/mol. The number of ether oxygens (including phenoxy) is 4. The lowest BCUT2D eigenvalue weighted by Gasteiger charge is -2.25. The maximum absolute atomic E-state index is 12.6. The quantitative estimate of drug-likeness (QED) is 0.0289. The second-order valence-electron chi connectivity index (χ2n) is 12.5. The fraction of sp³-hybridized carbons (Fsp3) is 0.800. The van der Waals surface area contributed by atoms with Gasteiger partial charge in [0.25, 0.3) is 6.29 Å². The van der Waals surface area contributed by atoms with E-state index in [1.54, 1.807) is 0 Å². The number of carbonyl (C=O) groups is 3. The SMILES string of the molecule is CCCC/C=C\C/C=C\CCCCCCCC(=O)OC(COC(=O)CCCCCCC)COC(OCC[N+](C)(C)C)C(=O)O. The summed E-state index contributed by atoms with van der Waals surface area (Å²) >= 11 is 0. The molecule has 0 rings (SSSR count). The zero-order chi connectivity index (χ0) is 32.9. The van der Waals surface area contributed by atoms with Crippen LogP contribution in [-0.2, 0) is 33.3 Å². The van der Waals surface area contributed by atoms with Crippen LogP contribution in [0.5, 0.6) is 0 Å². The summed E-state index contributed by atoms with van der Waals surface area (Å²) in [5.41, 5.74) is 0. The van der Waals surface area contributed by atoms with Crippen molar-refractivity contribution < 1.29 is 42.9 Å². The van der Waals surface area contributed by atoms with Crippen molar-refractivity contribution in [2.45, 2.75) is 135 Å². The van der Waals surface area contributed by atoms with Crippen molar-refractivity contribution in [2.75, 3.05) is 47.5 Å². The van der Waals surface area contributed by atoms with E-state index in [0.29, 0.717) is 23.9 Å². The summed E-state index contributed by atoms with van der Waals surface area (Å²) < 4.78 is 22.4. The van der Waals surface area contributed by atoms with Crippen LogP contribution in [0, 0.1) is 0 Å². The summed E-state index contributed by atoms with van der Waals surface area (Å²) in [5.74, 6) is -2.05. The highest BCUT2D eigenvalue weighted by Gasteiger charge is 2.25. The minimum atomic E-state index is -1.51. The number of allylic oxidation sites excluding steroid dienone is 4. The van der Waals surface area contributed by atoms with E-state index in [0.717, 1.165) is 77.0 Å². The molecule has 0 bridgehead atoms. The third-order valence-electron chi connectivity index (χ3n) is 6.96. The highest BCUT2D eigenvalue weighted by molar-refractivity contribution is 5.71. The Kier molecular flexibility index (Phi) is 26.8. The minimum absolute atomic E-state index is 0.185. The second kappa shape index (κ2) is 28.3. The van der Waals surface area contributed by atoms with Gasteiger partial charge in [0.15, 0.2) is 6.10 Å². The van der Waals surface area contributed by atoms with Gasteiger partial charge in [0.1, 0.15) is 13.2 Å². The topological polar surface area (TPSA) is 108 Å². The fourth-order valence-corrected chi connectivity index (χ4v) is 4.20. The third-order valence-corrected chi connectivity index (χ3v) is 6.96. The Balaban J connectivity index is 4.55. The van der Waals surface area contributed by atoms with Crippen molar-refractivity contribution in [2.24, 2.45) is 0 Å². The number of quaternary nitrogens is 1. The van der Waals surface area contributed by atoms with Gasteiger partial charge in [-0.3, -0.25) is 9.59 Å². The first-order valence-electron chi connectivity index (χ1n) is 17.0. The van der Waals surface area contributed by atoms with Gasteiger partial charge in [-0.2, -0.15) is 0 Å². The van der Waals surface area contributed by atoms with Crippen molar-refractivity contribution in [3.8, 4) is 0 Å². The molecule has 0 saturated heterocycles. The van der Waals surface area contributed by atoms with Gasteiger partial charge >= 0.3 is 17.9 Å². The standard InChI is InChI=1S/C35H63NO8/c1-6-8-10-12-13-14-15-16-17-18-19-20-22-24-26-33(38)44-31(29-42-32(37)25-23-21-11-9-7-2)30-43-35(34(39)40)41-28-27-36(3,4)5/h12-13,15-16,31,35H,6-11,14,17-30H2,1-5H3/p+1/b13-12-,16-15-. The van der Waals surface area contributed by atoms with Crippen LogP contribution in [0.25, 0.3) is 0 Å². The molecule has 0 aromatic carbocycles. The summed E-state index contributed by atoms with van der Waals surface area (Å²) in [4.78, 5) is 36.5. The van der Waals surface area contributed by atoms with Crippen molar-refractivity contribution in [1.82, 2.24) is 0 Å². The smallest absolute Gasteiger partial charge is 0.361 e. The summed E-state index contributed by atoms with van der Waals surface area (Å²) in [6.45, 7) is 4.68. The van der Waals surface area contributed by atoms with E-state index in [1.807, 2.05) is 21.1 Å². The Bertz CT molecular complexity index is 790. The molecule has 0 saturated carbocycles. The number of carbonyl (C=O) groups excluding carboxylic acids is 2. The van der Waals surface area contributed by atoms with Crippen molar-refractivity contribution in [3.63, 3.8) is 0 Å². The van der Waals surface area contributed by atoms with Gasteiger partial charge in [-0.15, -0.1) is 0 Å². The second-order valence-corrected chi connectivity index (χ2v) is 12.5. The number of likely N-dealkylation sites (N-methyl/N-ethyl adjacent to an activating group) is 1. The number of esters is 2. The summed E-state index contributed by atoms with van der Waals surface area (Å²) in [7, 11) is 5.92. The summed E-state index contributed by atoms with van der Waals surface area (Å²) in [6.07, 6.45) is 22.8. The van der Waals surface area contributed by atoms with E-state index < -0.39 is 24.3 Å². The molecule has 0 aromatic rings. The molecule has 9 nitrogen and oxygen atoms in total. The largest absolute Gasteiger partial charge is 0.477 e. The number of hydrogen-bond donors (Lipinski definition) is 1. The van der Waals surface area contributed by atoms with Crippen LogP contribution in [0.15, 0.2) is 24.3 Å². The third kappa shape index (κ3) is 28.5. The van der Waals surface area contributed by atoms with Gasteiger partial charge < -0.3 is 28.5 Å². The average molecular weight is 627 g/mol. The van der Waals surface area contributed by atoms with E-state index >= 15 is 0 Å². The predicted octanol–water partition coefficient (Wildman–Crippen LogP) is 7.38. The number of carboxylic acids is 1.